The van der Waals surface area contributed by atoms with E-state index < -0.39 is 16.0 Å². The number of hydrogen-bond donors (Lipinski definition) is 1. The van der Waals surface area contributed by atoms with Crippen LogP contribution in [-0.4, -0.2) is 26.5 Å². The van der Waals surface area contributed by atoms with Gasteiger partial charge in [0, 0.05) is 7.05 Å². The zero-order valence-corrected chi connectivity index (χ0v) is 13.2. The van der Waals surface area contributed by atoms with Gasteiger partial charge in [-0.15, -0.1) is 0 Å². The fourth-order valence-corrected chi connectivity index (χ4v) is 3.23. The Hall–Kier alpha value is -2.34. The van der Waals surface area contributed by atoms with Crippen molar-refractivity contribution in [2.45, 2.75) is 12.7 Å². The van der Waals surface area contributed by atoms with Crippen molar-refractivity contribution in [1.82, 2.24) is 0 Å². The number of aromatic carboxylic acids is 1. The molecule has 0 atom stereocenters. The number of carbonyl (C=O) groups is 1. The quantitative estimate of drug-likeness (QED) is 0.919. The molecule has 0 unspecified atom stereocenters. The van der Waals surface area contributed by atoms with E-state index in [1.54, 1.807) is 18.2 Å². The van der Waals surface area contributed by atoms with Crippen molar-refractivity contribution in [1.29, 1.82) is 0 Å². The van der Waals surface area contributed by atoms with Crippen molar-refractivity contribution in [2.75, 3.05) is 11.4 Å². The Morgan fingerprint density at radius 3 is 2.36 bits per heavy atom. The van der Waals surface area contributed by atoms with Gasteiger partial charge < -0.3 is 5.11 Å². The van der Waals surface area contributed by atoms with Crippen LogP contribution in [0.5, 0.6) is 0 Å². The number of hydrogen-bond acceptors (Lipinski definition) is 3. The van der Waals surface area contributed by atoms with Crippen molar-refractivity contribution in [3.8, 4) is 0 Å². The molecule has 0 aromatic heterocycles. The minimum atomic E-state index is -3.58. The predicted molar refractivity (Wildman–Crippen MR) is 85.6 cm³/mol. The van der Waals surface area contributed by atoms with Gasteiger partial charge in [0.15, 0.2) is 0 Å². The first kappa shape index (κ1) is 16.0. The highest BCUT2D eigenvalue weighted by molar-refractivity contribution is 7.92. The Morgan fingerprint density at radius 2 is 1.77 bits per heavy atom. The van der Waals surface area contributed by atoms with E-state index in [4.69, 9.17) is 5.11 Å². The molecule has 5 nitrogen and oxygen atoms in total. The van der Waals surface area contributed by atoms with Crippen LogP contribution in [0.25, 0.3) is 0 Å². The Labute approximate surface area is 129 Å². The van der Waals surface area contributed by atoms with Gasteiger partial charge in [0.05, 0.1) is 17.0 Å². The van der Waals surface area contributed by atoms with Gasteiger partial charge in [-0.3, -0.25) is 4.31 Å². The fraction of sp³-hybridized carbons (Fsp3) is 0.188. The molecular weight excluding hydrogens is 302 g/mol. The lowest BCUT2D eigenvalue weighted by atomic mass is 10.2. The Kier molecular flexibility index (Phi) is 4.51. The Morgan fingerprint density at radius 1 is 1.14 bits per heavy atom. The highest BCUT2D eigenvalue weighted by atomic mass is 32.2. The lowest BCUT2D eigenvalue weighted by Crippen LogP contribution is -2.28. The molecule has 0 saturated heterocycles. The van der Waals surface area contributed by atoms with Gasteiger partial charge in [-0.1, -0.05) is 35.9 Å². The topological polar surface area (TPSA) is 74.7 Å². The van der Waals surface area contributed by atoms with Gasteiger partial charge in [0.25, 0.3) is 0 Å². The summed E-state index contributed by atoms with van der Waals surface area (Å²) in [5, 5.41) is 8.99. The van der Waals surface area contributed by atoms with Crippen LogP contribution in [-0.2, 0) is 15.8 Å². The lowest BCUT2D eigenvalue weighted by molar-refractivity contribution is 0.0697. The number of nitrogens with zero attached hydrogens (tertiary/aromatic N) is 1. The van der Waals surface area contributed by atoms with Gasteiger partial charge in [-0.2, -0.15) is 0 Å². The van der Waals surface area contributed by atoms with E-state index in [1.807, 2.05) is 19.1 Å². The average Bonchev–Trinajstić information content (AvgIpc) is 2.48. The van der Waals surface area contributed by atoms with Crippen LogP contribution in [0.3, 0.4) is 0 Å². The second-order valence-electron chi connectivity index (χ2n) is 5.06. The Bertz CT molecular complexity index is 782. The monoisotopic (exact) mass is 319 g/mol. The zero-order valence-electron chi connectivity index (χ0n) is 12.4. The molecule has 2 rings (SSSR count). The molecule has 2 aromatic carbocycles. The largest absolute Gasteiger partial charge is 0.478 e. The summed E-state index contributed by atoms with van der Waals surface area (Å²) in [6.45, 7) is 1.93. The molecule has 1 N–H and O–H groups in total. The normalized spacial score (nSPS) is 11.2. The molecule has 0 fully saturated rings. The van der Waals surface area contributed by atoms with Crippen molar-refractivity contribution in [3.05, 3.63) is 65.2 Å². The molecule has 22 heavy (non-hydrogen) atoms. The molecule has 0 aliphatic carbocycles. The number of sulfonamides is 1. The summed E-state index contributed by atoms with van der Waals surface area (Å²) >= 11 is 0. The second kappa shape index (κ2) is 6.19. The smallest absolute Gasteiger partial charge is 0.335 e. The van der Waals surface area contributed by atoms with Crippen LogP contribution in [0.4, 0.5) is 5.69 Å². The number of carboxylic acid groups (broad SMARTS) is 1. The predicted octanol–water partition coefficient (Wildman–Crippen LogP) is 2.66. The summed E-state index contributed by atoms with van der Waals surface area (Å²) in [7, 11) is -2.16. The van der Waals surface area contributed by atoms with Crippen molar-refractivity contribution in [2.24, 2.45) is 0 Å². The van der Waals surface area contributed by atoms with Gasteiger partial charge in [-0.05, 0) is 30.7 Å². The maximum Gasteiger partial charge on any atom is 0.335 e. The van der Waals surface area contributed by atoms with Crippen LogP contribution in [0.2, 0.25) is 0 Å². The van der Waals surface area contributed by atoms with Crippen molar-refractivity contribution >= 4 is 21.7 Å². The summed E-state index contributed by atoms with van der Waals surface area (Å²) in [6, 6.07) is 13.1. The third-order valence-corrected chi connectivity index (χ3v) is 5.09. The Balaban J connectivity index is 2.26. The van der Waals surface area contributed by atoms with Gasteiger partial charge in [-0.25, -0.2) is 13.2 Å². The van der Waals surface area contributed by atoms with E-state index in [2.05, 4.69) is 0 Å². The molecule has 0 amide bonds. The summed E-state index contributed by atoms with van der Waals surface area (Å²) in [6.07, 6.45) is 0. The molecule has 2 aromatic rings. The molecule has 0 saturated carbocycles. The zero-order chi connectivity index (χ0) is 16.3. The molecule has 0 spiro atoms. The summed E-state index contributed by atoms with van der Waals surface area (Å²) in [4.78, 5) is 11.0. The second-order valence-corrected chi connectivity index (χ2v) is 7.07. The van der Waals surface area contributed by atoms with E-state index in [0.29, 0.717) is 11.3 Å². The molecule has 116 valence electrons. The van der Waals surface area contributed by atoms with Crippen molar-refractivity contribution < 1.29 is 18.3 Å². The first-order valence-corrected chi connectivity index (χ1v) is 8.26. The highest BCUT2D eigenvalue weighted by Gasteiger charge is 2.20. The fourth-order valence-electron chi connectivity index (χ4n) is 1.99. The van der Waals surface area contributed by atoms with E-state index in [9.17, 15) is 13.2 Å². The molecule has 0 heterocycles. The number of anilines is 1. The van der Waals surface area contributed by atoms with E-state index in [0.717, 1.165) is 9.87 Å². The highest BCUT2D eigenvalue weighted by Crippen LogP contribution is 2.20. The molecular formula is C16H17NO4S. The summed E-state index contributed by atoms with van der Waals surface area (Å²) in [5.74, 6) is -1.23. The number of benzene rings is 2. The number of aryl methyl sites for hydroxylation is 1. The minimum absolute atomic E-state index is 0.0508. The maximum absolute atomic E-state index is 12.4. The molecule has 0 radical (unpaired) electrons. The molecule has 6 heteroatoms. The minimum Gasteiger partial charge on any atom is -0.478 e. The standard InChI is InChI=1S/C16H17NO4S/c1-12-6-8-13(9-7-12)11-22(20,21)17(2)15-5-3-4-14(10-15)16(18)19/h3-10H,11H2,1-2H3,(H,18,19). The third-order valence-electron chi connectivity index (χ3n) is 3.34. The first-order valence-electron chi connectivity index (χ1n) is 6.65. The van der Waals surface area contributed by atoms with Crippen LogP contribution in [0, 0.1) is 6.92 Å². The SMILES string of the molecule is Cc1ccc(CS(=O)(=O)N(C)c2cccc(C(=O)O)c2)cc1. The summed E-state index contributed by atoms with van der Waals surface area (Å²) < 4.78 is 26.0. The lowest BCUT2D eigenvalue weighted by Gasteiger charge is -2.20. The van der Waals surface area contributed by atoms with Crippen LogP contribution >= 0.6 is 0 Å². The van der Waals surface area contributed by atoms with Crippen LogP contribution in [0.1, 0.15) is 21.5 Å². The third kappa shape index (κ3) is 3.65. The number of rotatable bonds is 5. The molecule has 0 bridgehead atoms. The van der Waals surface area contributed by atoms with E-state index in [-0.39, 0.29) is 11.3 Å². The summed E-state index contributed by atoms with van der Waals surface area (Å²) in [5.41, 5.74) is 2.12. The van der Waals surface area contributed by atoms with Crippen molar-refractivity contribution in [3.63, 3.8) is 0 Å². The molecule has 0 aliphatic heterocycles. The van der Waals surface area contributed by atoms with Gasteiger partial charge in [0.1, 0.15) is 0 Å². The first-order chi connectivity index (χ1) is 10.3. The van der Waals surface area contributed by atoms with E-state index in [1.165, 1.54) is 25.2 Å². The van der Waals surface area contributed by atoms with E-state index >= 15 is 0 Å². The maximum atomic E-state index is 12.4. The van der Waals surface area contributed by atoms with Crippen LogP contribution < -0.4 is 4.31 Å². The van der Waals surface area contributed by atoms with Gasteiger partial charge >= 0.3 is 5.97 Å². The average molecular weight is 319 g/mol. The number of carboxylic acids is 1. The van der Waals surface area contributed by atoms with Gasteiger partial charge in [0.2, 0.25) is 10.0 Å². The molecule has 0 aliphatic rings. The van der Waals surface area contributed by atoms with Crippen LogP contribution in [0.15, 0.2) is 48.5 Å².